The molecule has 0 bridgehead atoms. The van der Waals surface area contributed by atoms with Crippen LogP contribution in [0.15, 0.2) is 23.4 Å². The zero-order valence-electron chi connectivity index (χ0n) is 13.5. The Kier molecular flexibility index (Phi) is 4.34. The van der Waals surface area contributed by atoms with Crippen molar-refractivity contribution in [2.45, 2.75) is 32.2 Å². The molecular formula is C16H17N3O5S. The number of benzene rings is 1. The maximum Gasteiger partial charge on any atom is 0.311 e. The smallest absolute Gasteiger partial charge is 0.311 e. The normalized spacial score (nSPS) is 20.4. The van der Waals surface area contributed by atoms with Crippen molar-refractivity contribution in [2.75, 3.05) is 6.54 Å². The molecule has 2 aliphatic rings. The highest BCUT2D eigenvalue weighted by atomic mass is 32.1. The van der Waals surface area contributed by atoms with Crippen LogP contribution in [0.1, 0.15) is 37.8 Å². The van der Waals surface area contributed by atoms with Crippen molar-refractivity contribution < 1.29 is 19.9 Å². The summed E-state index contributed by atoms with van der Waals surface area (Å²) in [5.41, 5.74) is 0.869. The zero-order valence-corrected chi connectivity index (χ0v) is 14.3. The van der Waals surface area contributed by atoms with Crippen LogP contribution in [-0.2, 0) is 4.79 Å². The third kappa shape index (κ3) is 2.80. The molecule has 0 spiro atoms. The highest BCUT2D eigenvalue weighted by Crippen LogP contribution is 2.43. The lowest BCUT2D eigenvalue weighted by Gasteiger charge is -2.40. The number of nitro benzene ring substituents is 1. The summed E-state index contributed by atoms with van der Waals surface area (Å²) < 4.78 is 0. The molecule has 1 unspecified atom stereocenters. The van der Waals surface area contributed by atoms with Gasteiger partial charge in [-0.15, -0.1) is 0 Å². The molecule has 1 heterocycles. The van der Waals surface area contributed by atoms with E-state index in [1.54, 1.807) is 0 Å². The van der Waals surface area contributed by atoms with Crippen molar-refractivity contribution in [3.8, 4) is 11.5 Å². The number of carbonyl (C=O) groups is 1. The molecule has 132 valence electrons. The number of phenols is 2. The number of nitrogens with zero attached hydrogens (tertiary/aromatic N) is 2. The average Bonchev–Trinajstić information content (AvgIpc) is 2.54. The van der Waals surface area contributed by atoms with Crippen LogP contribution in [0.5, 0.6) is 11.5 Å². The Bertz CT molecular complexity index is 820. The quantitative estimate of drug-likeness (QED) is 0.425. The number of nitrogens with one attached hydrogen (secondary N) is 1. The molecule has 1 atom stereocenters. The molecule has 0 amide bonds. The van der Waals surface area contributed by atoms with Crippen LogP contribution >= 0.6 is 12.2 Å². The molecule has 3 rings (SSSR count). The average molecular weight is 363 g/mol. The molecule has 25 heavy (non-hydrogen) atoms. The van der Waals surface area contributed by atoms with Crippen LogP contribution in [-0.4, -0.2) is 37.5 Å². The SMILES string of the molecule is CCN1C(=S)NC(c2cc([N+](=O)[O-])c(O)cc2O)C2=C1CCCC2=O. The molecule has 0 radical (unpaired) electrons. The van der Waals surface area contributed by atoms with E-state index >= 15 is 0 Å². The van der Waals surface area contributed by atoms with Gasteiger partial charge in [-0.1, -0.05) is 0 Å². The maximum atomic E-state index is 12.5. The molecule has 0 aromatic heterocycles. The third-order valence-corrected chi connectivity index (χ3v) is 4.84. The molecule has 1 aromatic carbocycles. The number of Topliss-reactive ketones (excluding diaryl/α,β-unsaturated/α-hetero) is 1. The standard InChI is InChI=1S/C16H17N3O5S/c1-2-18-9-4-3-5-11(20)14(9)15(17-16(18)25)8-6-10(19(23)24)13(22)7-12(8)21/h6-7,15,21-22H,2-5H2,1H3,(H,17,25). The Morgan fingerprint density at radius 1 is 1.36 bits per heavy atom. The first-order valence-electron chi connectivity index (χ1n) is 7.89. The Balaban J connectivity index is 2.19. The highest BCUT2D eigenvalue weighted by molar-refractivity contribution is 7.80. The van der Waals surface area contributed by atoms with E-state index in [0.717, 1.165) is 17.8 Å². The number of rotatable bonds is 3. The van der Waals surface area contributed by atoms with Gasteiger partial charge >= 0.3 is 5.69 Å². The van der Waals surface area contributed by atoms with Crippen molar-refractivity contribution in [1.82, 2.24) is 10.2 Å². The van der Waals surface area contributed by atoms with Crippen molar-refractivity contribution in [2.24, 2.45) is 0 Å². The van der Waals surface area contributed by atoms with E-state index in [-0.39, 0.29) is 17.1 Å². The number of hydrogen-bond acceptors (Lipinski definition) is 6. The molecular weight excluding hydrogens is 346 g/mol. The third-order valence-electron chi connectivity index (χ3n) is 4.50. The fraction of sp³-hybridized carbons (Fsp3) is 0.375. The number of ketones is 1. The van der Waals surface area contributed by atoms with Gasteiger partial charge < -0.3 is 20.4 Å². The van der Waals surface area contributed by atoms with Crippen molar-refractivity contribution in [1.29, 1.82) is 0 Å². The Morgan fingerprint density at radius 2 is 2.08 bits per heavy atom. The van der Waals surface area contributed by atoms with Gasteiger partial charge in [-0.3, -0.25) is 14.9 Å². The van der Waals surface area contributed by atoms with Gasteiger partial charge in [0.2, 0.25) is 0 Å². The minimum Gasteiger partial charge on any atom is -0.507 e. The fourth-order valence-electron chi connectivity index (χ4n) is 3.38. The molecule has 8 nitrogen and oxygen atoms in total. The fourth-order valence-corrected chi connectivity index (χ4v) is 3.74. The van der Waals surface area contributed by atoms with Gasteiger partial charge in [0.25, 0.3) is 0 Å². The second-order valence-electron chi connectivity index (χ2n) is 5.92. The first-order chi connectivity index (χ1) is 11.8. The summed E-state index contributed by atoms with van der Waals surface area (Å²) >= 11 is 5.37. The maximum absolute atomic E-state index is 12.5. The molecule has 1 aromatic rings. The van der Waals surface area contributed by atoms with Crippen LogP contribution in [0.2, 0.25) is 0 Å². The van der Waals surface area contributed by atoms with Crippen molar-refractivity contribution >= 4 is 28.8 Å². The van der Waals surface area contributed by atoms with E-state index in [2.05, 4.69) is 5.32 Å². The molecule has 1 aliphatic carbocycles. The van der Waals surface area contributed by atoms with Crippen LogP contribution in [0.25, 0.3) is 0 Å². The topological polar surface area (TPSA) is 116 Å². The van der Waals surface area contributed by atoms with Gasteiger partial charge in [0, 0.05) is 41.9 Å². The van der Waals surface area contributed by atoms with Gasteiger partial charge in [0.05, 0.1) is 11.0 Å². The van der Waals surface area contributed by atoms with Gasteiger partial charge in [-0.25, -0.2) is 0 Å². The molecule has 0 saturated carbocycles. The lowest BCUT2D eigenvalue weighted by molar-refractivity contribution is -0.386. The summed E-state index contributed by atoms with van der Waals surface area (Å²) in [6.07, 6.45) is 1.77. The van der Waals surface area contributed by atoms with Crippen LogP contribution < -0.4 is 5.32 Å². The van der Waals surface area contributed by atoms with E-state index < -0.39 is 22.4 Å². The van der Waals surface area contributed by atoms with E-state index in [1.165, 1.54) is 0 Å². The van der Waals surface area contributed by atoms with Gasteiger partial charge in [-0.05, 0) is 32.0 Å². The van der Waals surface area contributed by atoms with Crippen LogP contribution in [0.4, 0.5) is 5.69 Å². The summed E-state index contributed by atoms with van der Waals surface area (Å²) in [7, 11) is 0. The van der Waals surface area contributed by atoms with E-state index in [0.29, 0.717) is 36.5 Å². The number of allylic oxidation sites excluding steroid dienone is 1. The summed E-state index contributed by atoms with van der Waals surface area (Å²) in [5.74, 6) is -1.04. The molecule has 0 saturated heterocycles. The number of carbonyl (C=O) groups excluding carboxylic acids is 1. The predicted molar refractivity (Wildman–Crippen MR) is 93.2 cm³/mol. The lowest BCUT2D eigenvalue weighted by Crippen LogP contribution is -2.49. The minimum absolute atomic E-state index is 0.0742. The van der Waals surface area contributed by atoms with E-state index in [4.69, 9.17) is 12.2 Å². The predicted octanol–water partition coefficient (Wildman–Crippen LogP) is 2.26. The summed E-state index contributed by atoms with van der Waals surface area (Å²) in [5, 5.41) is 34.4. The second kappa shape index (κ2) is 6.32. The Hall–Kier alpha value is -2.68. The molecule has 0 fully saturated rings. The largest absolute Gasteiger partial charge is 0.507 e. The first kappa shape index (κ1) is 17.2. The van der Waals surface area contributed by atoms with E-state index in [9.17, 15) is 25.1 Å². The highest BCUT2D eigenvalue weighted by Gasteiger charge is 2.38. The number of thiocarbonyl (C=S) groups is 1. The van der Waals surface area contributed by atoms with Gasteiger partial charge in [-0.2, -0.15) is 0 Å². The van der Waals surface area contributed by atoms with Gasteiger partial charge in [0.15, 0.2) is 16.6 Å². The summed E-state index contributed by atoms with van der Waals surface area (Å²) in [6.45, 7) is 2.51. The monoisotopic (exact) mass is 363 g/mol. The van der Waals surface area contributed by atoms with Crippen LogP contribution in [0.3, 0.4) is 0 Å². The number of nitro groups is 1. The van der Waals surface area contributed by atoms with Crippen molar-refractivity contribution in [3.63, 3.8) is 0 Å². The Labute approximate surface area is 148 Å². The van der Waals surface area contributed by atoms with Gasteiger partial charge in [0.1, 0.15) is 5.75 Å². The number of aromatic hydroxyl groups is 2. The molecule has 3 N–H and O–H groups in total. The number of phenolic OH excluding ortho intramolecular Hbond substituents is 2. The first-order valence-corrected chi connectivity index (χ1v) is 8.30. The second-order valence-corrected chi connectivity index (χ2v) is 6.31. The zero-order chi connectivity index (χ0) is 18.3. The van der Waals surface area contributed by atoms with Crippen LogP contribution in [0, 0.1) is 10.1 Å². The molecule has 1 aliphatic heterocycles. The molecule has 9 heteroatoms. The van der Waals surface area contributed by atoms with E-state index in [1.807, 2.05) is 11.8 Å². The lowest BCUT2D eigenvalue weighted by atomic mass is 9.84. The summed E-state index contributed by atoms with van der Waals surface area (Å²) in [6, 6.07) is 1.22. The summed E-state index contributed by atoms with van der Waals surface area (Å²) in [4.78, 5) is 24.8. The van der Waals surface area contributed by atoms with Crippen molar-refractivity contribution in [3.05, 3.63) is 39.1 Å². The minimum atomic E-state index is -0.780. The number of hydrogen-bond donors (Lipinski definition) is 3. The Morgan fingerprint density at radius 3 is 2.72 bits per heavy atom.